The quantitative estimate of drug-likeness (QED) is 0.847. The van der Waals surface area contributed by atoms with E-state index in [1.165, 1.54) is 10.6 Å². The van der Waals surface area contributed by atoms with Crippen molar-refractivity contribution in [1.82, 2.24) is 19.3 Å². The van der Waals surface area contributed by atoms with Crippen LogP contribution in [-0.4, -0.2) is 47.0 Å². The number of ether oxygens (including phenoxy) is 1. The number of pyridine rings is 1. The monoisotopic (exact) mass is 334 g/mol. The number of sulfonamides is 1. The Hall–Kier alpha value is -2.06. The molecule has 1 atom stereocenters. The van der Waals surface area contributed by atoms with E-state index in [1.54, 1.807) is 36.9 Å². The highest BCUT2D eigenvalue weighted by Crippen LogP contribution is 2.32. The highest BCUT2D eigenvalue weighted by molar-refractivity contribution is 7.88. The molecular weight excluding hydrogens is 316 g/mol. The second kappa shape index (κ2) is 6.59. The van der Waals surface area contributed by atoms with E-state index >= 15 is 0 Å². The van der Waals surface area contributed by atoms with E-state index in [9.17, 15) is 8.42 Å². The predicted octanol–water partition coefficient (Wildman–Crippen LogP) is 1.80. The van der Waals surface area contributed by atoms with Crippen LogP contribution in [0.1, 0.15) is 24.5 Å². The van der Waals surface area contributed by atoms with Gasteiger partial charge < -0.3 is 4.74 Å². The molecule has 1 fully saturated rings. The van der Waals surface area contributed by atoms with Gasteiger partial charge in [0.25, 0.3) is 0 Å². The van der Waals surface area contributed by atoms with Crippen molar-refractivity contribution in [3.63, 3.8) is 0 Å². The second-order valence-electron chi connectivity index (χ2n) is 5.50. The molecule has 2 aromatic rings. The minimum atomic E-state index is -3.20. The molecule has 0 amide bonds. The first-order chi connectivity index (χ1) is 11.0. The maximum Gasteiger partial charge on any atom is 0.241 e. The Balaban J connectivity index is 1.85. The smallest absolute Gasteiger partial charge is 0.241 e. The van der Waals surface area contributed by atoms with Crippen molar-refractivity contribution >= 4 is 10.0 Å². The van der Waals surface area contributed by atoms with Crippen LogP contribution in [0.4, 0.5) is 0 Å². The normalized spacial score (nSPS) is 19.4. The fraction of sp³-hybridized carbons (Fsp3) is 0.400. The summed E-state index contributed by atoms with van der Waals surface area (Å²) in [5.74, 6) is 0.949. The van der Waals surface area contributed by atoms with E-state index in [0.717, 1.165) is 12.8 Å². The van der Waals surface area contributed by atoms with Crippen LogP contribution < -0.4 is 4.74 Å². The fourth-order valence-corrected chi connectivity index (χ4v) is 3.59. The molecular formula is C15H18N4O3S. The first kappa shape index (κ1) is 15.8. The lowest BCUT2D eigenvalue weighted by molar-refractivity contribution is 0.308. The van der Waals surface area contributed by atoms with Gasteiger partial charge in [-0.3, -0.25) is 9.97 Å². The van der Waals surface area contributed by atoms with Crippen molar-refractivity contribution in [2.24, 2.45) is 0 Å². The van der Waals surface area contributed by atoms with Crippen molar-refractivity contribution in [2.75, 3.05) is 19.3 Å². The van der Waals surface area contributed by atoms with Gasteiger partial charge in [-0.1, -0.05) is 0 Å². The van der Waals surface area contributed by atoms with Crippen molar-refractivity contribution in [2.45, 2.75) is 18.8 Å². The zero-order valence-corrected chi connectivity index (χ0v) is 13.6. The van der Waals surface area contributed by atoms with Crippen LogP contribution in [0.25, 0.3) is 0 Å². The zero-order valence-electron chi connectivity index (χ0n) is 12.8. The van der Waals surface area contributed by atoms with Crippen LogP contribution in [0.5, 0.6) is 11.6 Å². The Morgan fingerprint density at radius 3 is 2.83 bits per heavy atom. The molecule has 0 saturated carbocycles. The molecule has 0 N–H and O–H groups in total. The van der Waals surface area contributed by atoms with Gasteiger partial charge in [-0.2, -0.15) is 0 Å². The largest absolute Gasteiger partial charge is 0.436 e. The van der Waals surface area contributed by atoms with E-state index in [2.05, 4.69) is 15.0 Å². The first-order valence-electron chi connectivity index (χ1n) is 7.38. The molecule has 1 aliphatic rings. The van der Waals surface area contributed by atoms with Gasteiger partial charge in [-0.25, -0.2) is 17.7 Å². The molecule has 0 spiro atoms. The maximum absolute atomic E-state index is 11.8. The summed E-state index contributed by atoms with van der Waals surface area (Å²) >= 11 is 0. The summed E-state index contributed by atoms with van der Waals surface area (Å²) in [6, 6.07) is 3.56. The number of rotatable bonds is 4. The molecule has 0 radical (unpaired) electrons. The molecule has 1 saturated heterocycles. The van der Waals surface area contributed by atoms with E-state index in [1.807, 2.05) is 0 Å². The average Bonchev–Trinajstić information content (AvgIpc) is 2.56. The molecule has 0 bridgehead atoms. The van der Waals surface area contributed by atoms with Crippen LogP contribution in [0.15, 0.2) is 36.9 Å². The van der Waals surface area contributed by atoms with Gasteiger partial charge in [0.1, 0.15) is 11.4 Å². The van der Waals surface area contributed by atoms with Crippen LogP contribution in [-0.2, 0) is 10.0 Å². The van der Waals surface area contributed by atoms with Gasteiger partial charge in [0.15, 0.2) is 0 Å². The Kier molecular flexibility index (Phi) is 4.53. The van der Waals surface area contributed by atoms with Gasteiger partial charge in [-0.15, -0.1) is 0 Å². The van der Waals surface area contributed by atoms with Crippen molar-refractivity contribution in [3.05, 3.63) is 42.6 Å². The third kappa shape index (κ3) is 3.83. The highest BCUT2D eigenvalue weighted by Gasteiger charge is 2.30. The standard InChI is InChI=1S/C15H18N4O3S/c1-23(20,21)19-9-3-4-12(11-19)14-15(18-8-7-17-14)22-13-5-2-6-16-10-13/h2,5-8,10,12H,3-4,9,11H2,1H3. The lowest BCUT2D eigenvalue weighted by Gasteiger charge is -2.30. The Morgan fingerprint density at radius 2 is 2.09 bits per heavy atom. The van der Waals surface area contributed by atoms with Crippen LogP contribution in [0, 0.1) is 0 Å². The fourth-order valence-electron chi connectivity index (χ4n) is 2.68. The molecule has 3 heterocycles. The van der Waals surface area contributed by atoms with Gasteiger partial charge in [0.05, 0.1) is 12.5 Å². The number of hydrogen-bond acceptors (Lipinski definition) is 6. The molecule has 2 aromatic heterocycles. The van der Waals surface area contributed by atoms with Crippen molar-refractivity contribution in [1.29, 1.82) is 0 Å². The topological polar surface area (TPSA) is 85.3 Å². The summed E-state index contributed by atoms with van der Waals surface area (Å²) in [6.45, 7) is 0.954. The van der Waals surface area contributed by atoms with Crippen LogP contribution in [0.3, 0.4) is 0 Å². The van der Waals surface area contributed by atoms with Gasteiger partial charge in [0.2, 0.25) is 15.9 Å². The molecule has 7 nitrogen and oxygen atoms in total. The van der Waals surface area contributed by atoms with E-state index in [-0.39, 0.29) is 5.92 Å². The van der Waals surface area contributed by atoms with Gasteiger partial charge in [-0.05, 0) is 25.0 Å². The third-order valence-corrected chi connectivity index (χ3v) is 5.05. The summed E-state index contributed by atoms with van der Waals surface area (Å²) in [7, 11) is -3.20. The minimum Gasteiger partial charge on any atom is -0.436 e. The SMILES string of the molecule is CS(=O)(=O)N1CCCC(c2nccnc2Oc2cccnc2)C1. The first-order valence-corrected chi connectivity index (χ1v) is 9.23. The summed E-state index contributed by atoms with van der Waals surface area (Å²) < 4.78 is 30.8. The Labute approximate surface area is 135 Å². The number of aromatic nitrogens is 3. The lowest BCUT2D eigenvalue weighted by atomic mass is 9.96. The molecule has 1 aliphatic heterocycles. The molecule has 8 heteroatoms. The van der Waals surface area contributed by atoms with E-state index < -0.39 is 10.0 Å². The predicted molar refractivity (Wildman–Crippen MR) is 84.7 cm³/mol. The van der Waals surface area contributed by atoms with Gasteiger partial charge >= 0.3 is 0 Å². The molecule has 0 aliphatic carbocycles. The molecule has 1 unspecified atom stereocenters. The zero-order chi connectivity index (χ0) is 16.3. The molecule has 122 valence electrons. The number of nitrogens with zero attached hydrogens (tertiary/aromatic N) is 4. The maximum atomic E-state index is 11.8. The highest BCUT2D eigenvalue weighted by atomic mass is 32.2. The third-order valence-electron chi connectivity index (χ3n) is 3.78. The van der Waals surface area contributed by atoms with Crippen molar-refractivity contribution in [3.8, 4) is 11.6 Å². The number of hydrogen-bond donors (Lipinski definition) is 0. The molecule has 3 rings (SSSR count). The second-order valence-corrected chi connectivity index (χ2v) is 7.48. The Bertz CT molecular complexity index is 767. The number of piperidine rings is 1. The minimum absolute atomic E-state index is 0.0288. The Morgan fingerprint density at radius 1 is 1.26 bits per heavy atom. The van der Waals surface area contributed by atoms with Gasteiger partial charge in [0, 0.05) is 37.6 Å². The van der Waals surface area contributed by atoms with E-state index in [4.69, 9.17) is 4.74 Å². The summed E-state index contributed by atoms with van der Waals surface area (Å²) in [4.78, 5) is 12.6. The summed E-state index contributed by atoms with van der Waals surface area (Å²) in [5, 5.41) is 0. The average molecular weight is 334 g/mol. The van der Waals surface area contributed by atoms with E-state index in [0.29, 0.717) is 30.4 Å². The van der Waals surface area contributed by atoms with Crippen LogP contribution in [0.2, 0.25) is 0 Å². The van der Waals surface area contributed by atoms with Crippen molar-refractivity contribution < 1.29 is 13.2 Å². The summed E-state index contributed by atoms with van der Waals surface area (Å²) in [6.07, 6.45) is 9.31. The lowest BCUT2D eigenvalue weighted by Crippen LogP contribution is -2.38. The summed E-state index contributed by atoms with van der Waals surface area (Å²) in [5.41, 5.74) is 0.685. The van der Waals surface area contributed by atoms with Crippen LogP contribution >= 0.6 is 0 Å². The molecule has 23 heavy (non-hydrogen) atoms. The molecule has 0 aromatic carbocycles.